The van der Waals surface area contributed by atoms with E-state index in [-0.39, 0.29) is 24.8 Å². The number of nitrogens with zero attached hydrogens (tertiary/aromatic N) is 1. The van der Waals surface area contributed by atoms with E-state index < -0.39 is 0 Å². The molecule has 4 heterocycles. The van der Waals surface area contributed by atoms with E-state index in [4.69, 9.17) is 0 Å². The lowest BCUT2D eigenvalue weighted by atomic mass is 10.0. The molecule has 8 aromatic rings. The molecule has 2 aromatic heterocycles. The van der Waals surface area contributed by atoms with Crippen molar-refractivity contribution < 1.29 is 0 Å². The van der Waals surface area contributed by atoms with Crippen LogP contribution < -0.4 is 26.6 Å². The average Bonchev–Trinajstić information content (AvgIpc) is 3.73. The molecule has 0 aliphatic carbocycles. The van der Waals surface area contributed by atoms with Crippen molar-refractivity contribution in [3.63, 3.8) is 0 Å². The SMILES string of the molecule is C1=C(C2NC(c3ccccc3)NC(c3ccccc3)N2)NC(n2c3ccccc3c3cc(-c4ccc5[nH]c6ccccc6c5c4)ccc32)NC1. The topological polar surface area (TPSA) is 80.9 Å². The van der Waals surface area contributed by atoms with Crippen LogP contribution in [-0.2, 0) is 0 Å². The van der Waals surface area contributed by atoms with Gasteiger partial charge in [-0.2, -0.15) is 0 Å². The van der Waals surface area contributed by atoms with E-state index in [0.717, 1.165) is 17.8 Å². The van der Waals surface area contributed by atoms with Gasteiger partial charge in [0.15, 0.2) is 6.29 Å². The van der Waals surface area contributed by atoms with Gasteiger partial charge >= 0.3 is 0 Å². The molecule has 0 amide bonds. The molecule has 0 spiro atoms. The van der Waals surface area contributed by atoms with E-state index >= 15 is 0 Å². The molecule has 2 aliphatic rings. The molecule has 1 saturated heterocycles. The van der Waals surface area contributed by atoms with Crippen molar-refractivity contribution >= 4 is 43.6 Å². The Morgan fingerprint density at radius 3 is 1.82 bits per heavy atom. The molecule has 0 bridgehead atoms. The van der Waals surface area contributed by atoms with E-state index in [1.807, 2.05) is 0 Å². The lowest BCUT2D eigenvalue weighted by Gasteiger charge is -2.42. The molecule has 50 heavy (non-hydrogen) atoms. The molecule has 10 rings (SSSR count). The van der Waals surface area contributed by atoms with Crippen LogP contribution in [-0.4, -0.2) is 22.3 Å². The van der Waals surface area contributed by atoms with Gasteiger partial charge in [-0.3, -0.25) is 21.3 Å². The zero-order valence-electron chi connectivity index (χ0n) is 27.4. The summed E-state index contributed by atoms with van der Waals surface area (Å²) in [6.07, 6.45) is 1.95. The van der Waals surface area contributed by atoms with Crippen LogP contribution in [0.2, 0.25) is 0 Å². The first-order chi connectivity index (χ1) is 24.8. The summed E-state index contributed by atoms with van der Waals surface area (Å²) in [6.45, 7) is 0.739. The molecule has 0 radical (unpaired) electrons. The maximum absolute atomic E-state index is 3.89. The Morgan fingerprint density at radius 1 is 0.480 bits per heavy atom. The fraction of sp³-hybridized carbons (Fsp3) is 0.116. The summed E-state index contributed by atoms with van der Waals surface area (Å²) in [5.41, 5.74) is 10.6. The van der Waals surface area contributed by atoms with Gasteiger partial charge in [-0.15, -0.1) is 0 Å². The molecule has 3 unspecified atom stereocenters. The normalized spacial score (nSPS) is 21.1. The highest BCUT2D eigenvalue weighted by atomic mass is 15.4. The summed E-state index contributed by atoms with van der Waals surface area (Å²) in [6, 6.07) is 52.1. The minimum atomic E-state index is -0.144. The predicted octanol–water partition coefficient (Wildman–Crippen LogP) is 8.13. The molecule has 6 aromatic carbocycles. The summed E-state index contributed by atoms with van der Waals surface area (Å²) in [5, 5.41) is 24.1. The molecule has 0 saturated carbocycles. The second kappa shape index (κ2) is 12.0. The Hall–Kier alpha value is -5.70. The molecule has 3 atom stereocenters. The van der Waals surface area contributed by atoms with Gasteiger partial charge in [0.1, 0.15) is 6.17 Å². The van der Waals surface area contributed by atoms with Gasteiger partial charge in [-0.25, -0.2) is 0 Å². The second-order valence-electron chi connectivity index (χ2n) is 13.3. The highest BCUT2D eigenvalue weighted by Gasteiger charge is 2.33. The maximum atomic E-state index is 3.89. The van der Waals surface area contributed by atoms with Gasteiger partial charge < -0.3 is 14.9 Å². The number of rotatable bonds is 5. The van der Waals surface area contributed by atoms with Crippen LogP contribution >= 0.6 is 0 Å². The highest BCUT2D eigenvalue weighted by Crippen LogP contribution is 2.36. The van der Waals surface area contributed by atoms with Gasteiger partial charge in [0.25, 0.3) is 0 Å². The van der Waals surface area contributed by atoms with E-state index in [9.17, 15) is 0 Å². The van der Waals surface area contributed by atoms with Gasteiger partial charge in [0.2, 0.25) is 0 Å². The standard InChI is InChI=1S/C43H37N7/c1-3-11-27(12-4-1)40-47-41(28-13-5-2-6-14-28)49-42(48-40)37-23-24-44-43(46-37)50-38-18-10-8-16-32(38)34-26-30(20-22-39(34)50)29-19-21-36-33(25-29)31-15-7-9-17-35(31)45-36/h1-23,25-26,40-49H,24H2. The summed E-state index contributed by atoms with van der Waals surface area (Å²) in [7, 11) is 0. The highest BCUT2D eigenvalue weighted by molar-refractivity contribution is 6.11. The first-order valence-corrected chi connectivity index (χ1v) is 17.4. The van der Waals surface area contributed by atoms with Crippen LogP contribution in [0.4, 0.5) is 0 Å². The third-order valence-electron chi connectivity index (χ3n) is 10.3. The number of fused-ring (bicyclic) bond motifs is 6. The number of para-hydroxylation sites is 2. The second-order valence-corrected chi connectivity index (χ2v) is 13.3. The quantitative estimate of drug-likeness (QED) is 0.113. The lowest BCUT2D eigenvalue weighted by Crippen LogP contribution is -2.62. The van der Waals surface area contributed by atoms with Crippen LogP contribution in [0.3, 0.4) is 0 Å². The molecule has 2 aliphatic heterocycles. The van der Waals surface area contributed by atoms with Crippen LogP contribution in [0.25, 0.3) is 54.7 Å². The van der Waals surface area contributed by atoms with Crippen molar-refractivity contribution in [1.29, 1.82) is 0 Å². The maximum Gasteiger partial charge on any atom is 0.159 e. The summed E-state index contributed by atoms with van der Waals surface area (Å²) in [5.74, 6) is 0. The van der Waals surface area contributed by atoms with Crippen LogP contribution in [0.5, 0.6) is 0 Å². The molecule has 244 valence electrons. The van der Waals surface area contributed by atoms with Crippen molar-refractivity contribution in [1.82, 2.24) is 36.1 Å². The first kappa shape index (κ1) is 29.2. The van der Waals surface area contributed by atoms with Crippen LogP contribution in [0.15, 0.2) is 157 Å². The van der Waals surface area contributed by atoms with Gasteiger partial charge in [-0.05, 0) is 64.7 Å². The Kier molecular flexibility index (Phi) is 7.03. The Balaban J connectivity index is 1.01. The first-order valence-electron chi connectivity index (χ1n) is 17.4. The van der Waals surface area contributed by atoms with Crippen molar-refractivity contribution in [2.24, 2.45) is 0 Å². The zero-order valence-corrected chi connectivity index (χ0v) is 27.4. The van der Waals surface area contributed by atoms with Crippen molar-refractivity contribution in [3.8, 4) is 11.1 Å². The van der Waals surface area contributed by atoms with Crippen molar-refractivity contribution in [3.05, 3.63) is 168 Å². The molecular formula is C43H37N7. The molecular weight excluding hydrogens is 615 g/mol. The molecule has 1 fully saturated rings. The van der Waals surface area contributed by atoms with E-state index in [1.165, 1.54) is 60.3 Å². The summed E-state index contributed by atoms with van der Waals surface area (Å²) in [4.78, 5) is 3.56. The minimum Gasteiger partial charge on any atom is -0.355 e. The fourth-order valence-corrected chi connectivity index (χ4v) is 7.89. The number of benzene rings is 6. The van der Waals surface area contributed by atoms with E-state index in [2.05, 4.69) is 188 Å². The van der Waals surface area contributed by atoms with Crippen LogP contribution in [0.1, 0.15) is 29.7 Å². The average molecular weight is 652 g/mol. The molecule has 7 heteroatoms. The number of hydrogen-bond donors (Lipinski definition) is 6. The van der Waals surface area contributed by atoms with Crippen LogP contribution in [0, 0.1) is 0 Å². The monoisotopic (exact) mass is 651 g/mol. The predicted molar refractivity (Wildman–Crippen MR) is 204 cm³/mol. The molecule has 6 N–H and O–H groups in total. The number of aromatic amines is 1. The van der Waals surface area contributed by atoms with Crippen molar-refractivity contribution in [2.75, 3.05) is 6.54 Å². The van der Waals surface area contributed by atoms with E-state index in [0.29, 0.717) is 0 Å². The number of nitrogens with one attached hydrogen (secondary N) is 6. The Labute approximate surface area is 290 Å². The minimum absolute atomic E-state index is 0.0289. The largest absolute Gasteiger partial charge is 0.355 e. The zero-order chi connectivity index (χ0) is 33.0. The summed E-state index contributed by atoms with van der Waals surface area (Å²) >= 11 is 0. The van der Waals surface area contributed by atoms with Gasteiger partial charge in [-0.1, -0.05) is 109 Å². The summed E-state index contributed by atoms with van der Waals surface area (Å²) < 4.78 is 2.41. The van der Waals surface area contributed by atoms with E-state index in [1.54, 1.807) is 0 Å². The van der Waals surface area contributed by atoms with Gasteiger partial charge in [0, 0.05) is 44.8 Å². The number of hydrogen-bond acceptors (Lipinski definition) is 5. The third kappa shape index (κ3) is 4.99. The van der Waals surface area contributed by atoms with Gasteiger partial charge in [0.05, 0.1) is 23.4 Å². The smallest absolute Gasteiger partial charge is 0.159 e. The van der Waals surface area contributed by atoms with Crippen molar-refractivity contribution in [2.45, 2.75) is 24.8 Å². The lowest BCUT2D eigenvalue weighted by molar-refractivity contribution is 0.206. The number of aromatic nitrogens is 2. The Bertz CT molecular complexity index is 2480. The number of H-pyrrole nitrogens is 1. The Morgan fingerprint density at radius 2 is 1.06 bits per heavy atom. The fourth-order valence-electron chi connectivity index (χ4n) is 7.89. The molecule has 7 nitrogen and oxygen atoms in total. The third-order valence-corrected chi connectivity index (χ3v) is 10.3.